The van der Waals surface area contributed by atoms with Crippen molar-refractivity contribution in [3.63, 3.8) is 0 Å². The highest BCUT2D eigenvalue weighted by Gasteiger charge is 2.44. The number of hydrogen-bond donors (Lipinski definition) is 2. The Hall–Kier alpha value is -2.96. The summed E-state index contributed by atoms with van der Waals surface area (Å²) in [4.78, 5) is 17.7. The van der Waals surface area contributed by atoms with Crippen LogP contribution in [-0.2, 0) is 17.9 Å². The molecule has 2 N–H and O–H groups in total. The lowest BCUT2D eigenvalue weighted by atomic mass is 10.1. The number of nitrogens with one attached hydrogen (secondary N) is 2. The topological polar surface area (TPSA) is 58.4 Å². The van der Waals surface area contributed by atoms with Gasteiger partial charge >= 0.3 is 0 Å². The van der Waals surface area contributed by atoms with Gasteiger partial charge in [0.2, 0.25) is 5.91 Å². The van der Waals surface area contributed by atoms with E-state index in [4.69, 9.17) is 11.6 Å². The van der Waals surface area contributed by atoms with Crippen LogP contribution in [0.3, 0.4) is 0 Å². The summed E-state index contributed by atoms with van der Waals surface area (Å²) < 4.78 is 2.18. The van der Waals surface area contributed by atoms with Crippen LogP contribution >= 0.6 is 23.5 Å². The molecule has 0 unspecified atom stereocenters. The minimum Gasteiger partial charge on any atom is -0.366 e. The summed E-state index contributed by atoms with van der Waals surface area (Å²) in [6, 6.07) is 14.6. The van der Waals surface area contributed by atoms with Gasteiger partial charge in [0.05, 0.1) is 17.8 Å². The molecule has 1 aliphatic rings. The lowest BCUT2D eigenvalue weighted by Gasteiger charge is -2.14. The molecule has 2 aromatic carbocycles. The Balaban J connectivity index is 1.68. The number of nitrogens with zero attached hydrogens (tertiary/aromatic N) is 2. The highest BCUT2D eigenvalue weighted by molar-refractivity contribution is 7.98. The van der Waals surface area contributed by atoms with E-state index in [2.05, 4.69) is 76.2 Å². The number of benzene rings is 2. The van der Waals surface area contributed by atoms with Gasteiger partial charge in [0, 0.05) is 27.3 Å². The number of rotatable bonds is 10. The number of allylic oxidation sites excluding steroid dienone is 2. The summed E-state index contributed by atoms with van der Waals surface area (Å²) in [7, 11) is 0. The SMILES string of the molecule is C=C/C=C(\N=C)NCc1cc2c(cc1Cl)cc(CNC(=O)C1(C)CC1)n2Sc1ccc(C)cc1. The lowest BCUT2D eigenvalue weighted by Crippen LogP contribution is -2.30. The Morgan fingerprint density at radius 1 is 1.21 bits per heavy atom. The first-order valence-corrected chi connectivity index (χ1v) is 12.4. The normalized spacial score (nSPS) is 14.6. The Kier molecular flexibility index (Phi) is 7.19. The molecule has 1 fully saturated rings. The Morgan fingerprint density at radius 3 is 2.59 bits per heavy atom. The molecule has 1 saturated carbocycles. The van der Waals surface area contributed by atoms with E-state index in [0.717, 1.165) is 39.9 Å². The molecular weight excluding hydrogens is 464 g/mol. The Labute approximate surface area is 210 Å². The summed E-state index contributed by atoms with van der Waals surface area (Å²) in [5.74, 6) is 0.749. The molecule has 1 heterocycles. The average Bonchev–Trinajstić information content (AvgIpc) is 3.50. The van der Waals surface area contributed by atoms with Crippen molar-refractivity contribution in [2.45, 2.75) is 44.7 Å². The molecule has 4 rings (SSSR count). The molecule has 7 heteroatoms. The van der Waals surface area contributed by atoms with Crippen molar-refractivity contribution in [2.24, 2.45) is 10.4 Å². The molecule has 0 spiro atoms. The molecule has 176 valence electrons. The minimum atomic E-state index is -0.209. The quantitative estimate of drug-likeness (QED) is 0.254. The second kappa shape index (κ2) is 10.1. The standard InChI is InChI=1S/C27H29ClN4OS/c1-5-6-25(29-4)30-16-20-15-24-19(14-23(20)28)13-21(17-31-26(33)27(3)11-12-27)32(24)34-22-9-7-18(2)8-10-22/h5-10,13-15,30H,1,4,11-12,16-17H2,2-3H3,(H,31,33)/b25-6+. The van der Waals surface area contributed by atoms with Crippen LogP contribution in [0.25, 0.3) is 10.9 Å². The van der Waals surface area contributed by atoms with Crippen molar-refractivity contribution in [2.75, 3.05) is 0 Å². The van der Waals surface area contributed by atoms with E-state index >= 15 is 0 Å². The summed E-state index contributed by atoms with van der Waals surface area (Å²) in [6.45, 7) is 12.3. The number of aliphatic imine (C=N–C) groups is 1. The van der Waals surface area contributed by atoms with Gasteiger partial charge in [-0.25, -0.2) is 4.99 Å². The predicted octanol–water partition coefficient (Wildman–Crippen LogP) is 6.39. The molecule has 0 atom stereocenters. The molecule has 0 aliphatic heterocycles. The predicted molar refractivity (Wildman–Crippen MR) is 143 cm³/mol. The van der Waals surface area contributed by atoms with Gasteiger partial charge in [0.1, 0.15) is 5.82 Å². The molecular formula is C27H29ClN4OS. The van der Waals surface area contributed by atoms with Crippen LogP contribution in [0, 0.1) is 12.3 Å². The average molecular weight is 493 g/mol. The van der Waals surface area contributed by atoms with E-state index in [1.165, 1.54) is 5.56 Å². The Bertz CT molecular complexity index is 1270. The van der Waals surface area contributed by atoms with Gasteiger partial charge in [-0.2, -0.15) is 0 Å². The Morgan fingerprint density at radius 2 is 1.94 bits per heavy atom. The molecule has 1 aromatic heterocycles. The van der Waals surface area contributed by atoms with E-state index in [0.29, 0.717) is 23.9 Å². The number of halogens is 1. The van der Waals surface area contributed by atoms with Crippen molar-refractivity contribution in [3.8, 4) is 0 Å². The maximum atomic E-state index is 12.6. The third-order valence-corrected chi connectivity index (χ3v) is 7.55. The van der Waals surface area contributed by atoms with Crippen molar-refractivity contribution in [1.29, 1.82) is 0 Å². The number of fused-ring (bicyclic) bond motifs is 1. The van der Waals surface area contributed by atoms with E-state index in [1.807, 2.05) is 13.0 Å². The number of carbonyl (C=O) groups excluding carboxylic acids is 1. The zero-order valence-electron chi connectivity index (χ0n) is 19.5. The van der Waals surface area contributed by atoms with Crippen LogP contribution in [-0.4, -0.2) is 16.6 Å². The first-order chi connectivity index (χ1) is 16.3. The van der Waals surface area contributed by atoms with Crippen molar-refractivity contribution < 1.29 is 4.79 Å². The van der Waals surface area contributed by atoms with Crippen molar-refractivity contribution in [3.05, 3.63) is 88.9 Å². The van der Waals surface area contributed by atoms with Gasteiger partial charge in [-0.15, -0.1) is 0 Å². The van der Waals surface area contributed by atoms with Crippen LogP contribution in [0.1, 0.15) is 36.6 Å². The molecule has 0 bridgehead atoms. The van der Waals surface area contributed by atoms with Crippen molar-refractivity contribution >= 4 is 47.1 Å². The van der Waals surface area contributed by atoms with Gasteiger partial charge in [-0.1, -0.05) is 48.9 Å². The van der Waals surface area contributed by atoms with Crippen LogP contribution in [0.5, 0.6) is 0 Å². The fourth-order valence-electron chi connectivity index (χ4n) is 3.64. The number of aromatic nitrogens is 1. The zero-order valence-corrected chi connectivity index (χ0v) is 21.1. The highest BCUT2D eigenvalue weighted by Crippen LogP contribution is 2.45. The maximum Gasteiger partial charge on any atom is 0.226 e. The molecule has 1 aliphatic carbocycles. The molecule has 3 aromatic rings. The lowest BCUT2D eigenvalue weighted by molar-refractivity contribution is -0.125. The summed E-state index contributed by atoms with van der Waals surface area (Å²) in [6.07, 6.45) is 5.33. The third kappa shape index (κ3) is 5.40. The monoisotopic (exact) mass is 492 g/mol. The van der Waals surface area contributed by atoms with Crippen molar-refractivity contribution in [1.82, 2.24) is 14.6 Å². The number of carbonyl (C=O) groups is 1. The molecule has 0 radical (unpaired) electrons. The summed E-state index contributed by atoms with van der Waals surface area (Å²) in [5, 5.41) is 8.07. The second-order valence-corrected chi connectivity index (χ2v) is 10.3. The van der Waals surface area contributed by atoms with Gasteiger partial charge in [-0.3, -0.25) is 8.77 Å². The molecule has 34 heavy (non-hydrogen) atoms. The number of aryl methyl sites for hydroxylation is 1. The van der Waals surface area contributed by atoms with Gasteiger partial charge in [-0.05, 0) is 80.4 Å². The van der Waals surface area contributed by atoms with Crippen LogP contribution < -0.4 is 10.6 Å². The van der Waals surface area contributed by atoms with Crippen LogP contribution in [0.15, 0.2) is 76.9 Å². The fourth-order valence-corrected chi connectivity index (χ4v) is 4.84. The maximum absolute atomic E-state index is 12.6. The number of hydrogen-bond acceptors (Lipinski definition) is 4. The van der Waals surface area contributed by atoms with E-state index < -0.39 is 0 Å². The zero-order chi connectivity index (χ0) is 24.3. The first-order valence-electron chi connectivity index (χ1n) is 11.2. The third-order valence-electron chi connectivity index (χ3n) is 6.10. The van der Waals surface area contributed by atoms with Gasteiger partial charge < -0.3 is 10.6 Å². The minimum absolute atomic E-state index is 0.117. The smallest absolute Gasteiger partial charge is 0.226 e. The fraction of sp³-hybridized carbons (Fsp3) is 0.259. The van der Waals surface area contributed by atoms with E-state index in [-0.39, 0.29) is 11.3 Å². The van der Waals surface area contributed by atoms with Crippen LogP contribution in [0.4, 0.5) is 0 Å². The highest BCUT2D eigenvalue weighted by atomic mass is 35.5. The first kappa shape index (κ1) is 24.2. The van der Waals surface area contributed by atoms with Gasteiger partial charge in [0.15, 0.2) is 0 Å². The van der Waals surface area contributed by atoms with E-state index in [1.54, 1.807) is 24.1 Å². The molecule has 5 nitrogen and oxygen atoms in total. The summed E-state index contributed by atoms with van der Waals surface area (Å²) >= 11 is 8.26. The molecule has 1 amide bonds. The molecule has 0 saturated heterocycles. The summed E-state index contributed by atoms with van der Waals surface area (Å²) in [5.41, 5.74) is 4.00. The second-order valence-electron chi connectivity index (χ2n) is 8.88. The number of amides is 1. The van der Waals surface area contributed by atoms with E-state index in [9.17, 15) is 4.79 Å². The largest absolute Gasteiger partial charge is 0.366 e. The van der Waals surface area contributed by atoms with Gasteiger partial charge in [0.25, 0.3) is 0 Å². The van der Waals surface area contributed by atoms with Crippen LogP contribution in [0.2, 0.25) is 5.02 Å².